The van der Waals surface area contributed by atoms with Crippen LogP contribution in [0.1, 0.15) is 26.3 Å². The zero-order chi connectivity index (χ0) is 14.3. The summed E-state index contributed by atoms with van der Waals surface area (Å²) >= 11 is 0. The molecule has 106 valence electrons. The molecular weight excluding hydrogens is 242 g/mol. The van der Waals surface area contributed by atoms with Gasteiger partial charge in [0.1, 0.15) is 0 Å². The lowest BCUT2D eigenvalue weighted by molar-refractivity contribution is 0.0480. The summed E-state index contributed by atoms with van der Waals surface area (Å²) in [5.41, 5.74) is 0.213. The summed E-state index contributed by atoms with van der Waals surface area (Å²) in [7, 11) is 0. The number of nitrogens with one attached hydrogen (secondary N) is 1. The Bertz CT molecular complexity index is 387. The highest BCUT2D eigenvalue weighted by atomic mass is 16.3. The van der Waals surface area contributed by atoms with Crippen LogP contribution in [0.4, 0.5) is 4.79 Å². The largest absolute Gasteiger partial charge is 0.389 e. The fourth-order valence-electron chi connectivity index (χ4n) is 1.77. The first-order chi connectivity index (χ1) is 8.92. The van der Waals surface area contributed by atoms with E-state index in [1.165, 1.54) is 0 Å². The van der Waals surface area contributed by atoms with E-state index >= 15 is 0 Å². The molecule has 1 rings (SSSR count). The van der Waals surface area contributed by atoms with E-state index in [2.05, 4.69) is 10.3 Å². The minimum absolute atomic E-state index is 0.145. The molecule has 1 heterocycles. The number of amides is 2. The van der Waals surface area contributed by atoms with E-state index in [0.29, 0.717) is 19.6 Å². The molecular formula is C14H23N3O2. The van der Waals surface area contributed by atoms with Crippen LogP contribution in [0.2, 0.25) is 0 Å². The van der Waals surface area contributed by atoms with Crippen LogP contribution in [-0.2, 0) is 6.42 Å². The second-order valence-corrected chi connectivity index (χ2v) is 5.17. The molecule has 0 bridgehead atoms. The standard InChI is InChI=1S/C14H23N3O2/c1-4-17(11-14(2,3)19)13(18)16-9-7-12-6-5-8-15-10-12/h5-6,8,10,19H,4,7,9,11H2,1-3H3,(H,16,18). The summed E-state index contributed by atoms with van der Waals surface area (Å²) in [6.07, 6.45) is 4.27. The maximum atomic E-state index is 11.9. The van der Waals surface area contributed by atoms with Crippen molar-refractivity contribution in [1.29, 1.82) is 0 Å². The third kappa shape index (κ3) is 6.20. The molecule has 5 heteroatoms. The second-order valence-electron chi connectivity index (χ2n) is 5.17. The molecule has 1 aromatic rings. The number of urea groups is 1. The van der Waals surface area contributed by atoms with Gasteiger partial charge in [0.25, 0.3) is 0 Å². The number of pyridine rings is 1. The van der Waals surface area contributed by atoms with Gasteiger partial charge in [-0.2, -0.15) is 0 Å². The fraction of sp³-hybridized carbons (Fsp3) is 0.571. The number of carbonyl (C=O) groups excluding carboxylic acids is 1. The molecule has 0 radical (unpaired) electrons. The molecule has 1 aromatic heterocycles. The van der Waals surface area contributed by atoms with Crippen molar-refractivity contribution in [3.8, 4) is 0 Å². The summed E-state index contributed by atoms with van der Waals surface area (Å²) in [6, 6.07) is 3.71. The first-order valence-corrected chi connectivity index (χ1v) is 6.56. The third-order valence-corrected chi connectivity index (χ3v) is 2.66. The van der Waals surface area contributed by atoms with Crippen LogP contribution in [0.5, 0.6) is 0 Å². The summed E-state index contributed by atoms with van der Waals surface area (Å²) in [4.78, 5) is 17.6. The number of hydrogen-bond acceptors (Lipinski definition) is 3. The second kappa shape index (κ2) is 7.09. The zero-order valence-electron chi connectivity index (χ0n) is 11.9. The van der Waals surface area contributed by atoms with Gasteiger partial charge in [-0.05, 0) is 38.8 Å². The number of carbonyl (C=O) groups is 1. The SMILES string of the molecule is CCN(CC(C)(C)O)C(=O)NCCc1cccnc1. The lowest BCUT2D eigenvalue weighted by Crippen LogP contribution is -2.47. The first-order valence-electron chi connectivity index (χ1n) is 6.56. The van der Waals surface area contributed by atoms with Crippen molar-refractivity contribution in [2.75, 3.05) is 19.6 Å². The molecule has 0 aliphatic heterocycles. The number of rotatable bonds is 6. The highest BCUT2D eigenvalue weighted by molar-refractivity contribution is 5.74. The maximum Gasteiger partial charge on any atom is 0.317 e. The summed E-state index contributed by atoms with van der Waals surface area (Å²) < 4.78 is 0. The van der Waals surface area contributed by atoms with Crippen molar-refractivity contribution in [3.63, 3.8) is 0 Å². The minimum Gasteiger partial charge on any atom is -0.389 e. The molecule has 0 saturated heterocycles. The van der Waals surface area contributed by atoms with Crippen LogP contribution >= 0.6 is 0 Å². The highest BCUT2D eigenvalue weighted by Gasteiger charge is 2.20. The van der Waals surface area contributed by atoms with E-state index in [1.54, 1.807) is 31.1 Å². The predicted octanol–water partition coefficient (Wildman–Crippen LogP) is 1.43. The van der Waals surface area contributed by atoms with E-state index in [-0.39, 0.29) is 6.03 Å². The van der Waals surface area contributed by atoms with Crippen LogP contribution in [-0.4, -0.2) is 46.3 Å². The number of aliphatic hydroxyl groups is 1. The van der Waals surface area contributed by atoms with Crippen LogP contribution < -0.4 is 5.32 Å². The third-order valence-electron chi connectivity index (χ3n) is 2.66. The van der Waals surface area contributed by atoms with Gasteiger partial charge < -0.3 is 15.3 Å². The highest BCUT2D eigenvalue weighted by Crippen LogP contribution is 2.05. The normalized spacial score (nSPS) is 11.2. The van der Waals surface area contributed by atoms with Gasteiger partial charge in [0.05, 0.1) is 12.1 Å². The summed E-state index contributed by atoms with van der Waals surface area (Å²) in [5.74, 6) is 0. The Hall–Kier alpha value is -1.62. The molecule has 0 atom stereocenters. The molecule has 0 aliphatic rings. The lowest BCUT2D eigenvalue weighted by atomic mass is 10.1. The Morgan fingerprint density at radius 2 is 2.26 bits per heavy atom. The monoisotopic (exact) mass is 265 g/mol. The Kier molecular flexibility index (Phi) is 5.76. The van der Waals surface area contributed by atoms with Crippen LogP contribution in [0.25, 0.3) is 0 Å². The fourth-order valence-corrected chi connectivity index (χ4v) is 1.77. The first kappa shape index (κ1) is 15.4. The average Bonchev–Trinajstić information content (AvgIpc) is 2.36. The molecule has 19 heavy (non-hydrogen) atoms. The Labute approximate surface area is 114 Å². The number of aromatic nitrogens is 1. The molecule has 0 fully saturated rings. The molecule has 0 aromatic carbocycles. The Balaban J connectivity index is 2.37. The molecule has 0 spiro atoms. The minimum atomic E-state index is -0.878. The quantitative estimate of drug-likeness (QED) is 0.817. The van der Waals surface area contributed by atoms with E-state index in [9.17, 15) is 9.90 Å². The molecule has 2 N–H and O–H groups in total. The molecule has 2 amide bonds. The van der Waals surface area contributed by atoms with Crippen LogP contribution in [0.3, 0.4) is 0 Å². The number of likely N-dealkylation sites (N-methyl/N-ethyl adjacent to an activating group) is 1. The molecule has 0 unspecified atom stereocenters. The van der Waals surface area contributed by atoms with E-state index in [4.69, 9.17) is 0 Å². The summed E-state index contributed by atoms with van der Waals surface area (Å²) in [6.45, 7) is 6.74. The van der Waals surface area contributed by atoms with Gasteiger partial charge in [-0.1, -0.05) is 6.07 Å². The van der Waals surface area contributed by atoms with Gasteiger partial charge in [0.15, 0.2) is 0 Å². The van der Waals surface area contributed by atoms with Gasteiger partial charge in [0, 0.05) is 25.5 Å². The van der Waals surface area contributed by atoms with Crippen molar-refractivity contribution in [1.82, 2.24) is 15.2 Å². The van der Waals surface area contributed by atoms with Gasteiger partial charge in [-0.25, -0.2) is 4.79 Å². The van der Waals surface area contributed by atoms with E-state index in [0.717, 1.165) is 12.0 Å². The molecule has 0 saturated carbocycles. The van der Waals surface area contributed by atoms with Crippen molar-refractivity contribution in [2.45, 2.75) is 32.8 Å². The van der Waals surface area contributed by atoms with E-state index in [1.807, 2.05) is 19.1 Å². The number of nitrogens with zero attached hydrogens (tertiary/aromatic N) is 2. The smallest absolute Gasteiger partial charge is 0.317 e. The van der Waals surface area contributed by atoms with Crippen molar-refractivity contribution < 1.29 is 9.90 Å². The Morgan fingerprint density at radius 3 is 2.79 bits per heavy atom. The number of hydrogen-bond donors (Lipinski definition) is 2. The van der Waals surface area contributed by atoms with E-state index < -0.39 is 5.60 Å². The maximum absolute atomic E-state index is 11.9. The van der Waals surface area contributed by atoms with Gasteiger partial charge in [0.2, 0.25) is 0 Å². The topological polar surface area (TPSA) is 65.5 Å². The zero-order valence-corrected chi connectivity index (χ0v) is 11.9. The molecule has 5 nitrogen and oxygen atoms in total. The van der Waals surface area contributed by atoms with Gasteiger partial charge >= 0.3 is 6.03 Å². The average molecular weight is 265 g/mol. The van der Waals surface area contributed by atoms with Crippen molar-refractivity contribution in [2.24, 2.45) is 0 Å². The Morgan fingerprint density at radius 1 is 1.53 bits per heavy atom. The predicted molar refractivity (Wildman–Crippen MR) is 74.9 cm³/mol. The summed E-state index contributed by atoms with van der Waals surface area (Å²) in [5, 5.41) is 12.6. The van der Waals surface area contributed by atoms with Crippen molar-refractivity contribution in [3.05, 3.63) is 30.1 Å². The van der Waals surface area contributed by atoms with Crippen LogP contribution in [0, 0.1) is 0 Å². The van der Waals surface area contributed by atoms with Gasteiger partial charge in [-0.3, -0.25) is 4.98 Å². The van der Waals surface area contributed by atoms with Crippen molar-refractivity contribution >= 4 is 6.03 Å². The van der Waals surface area contributed by atoms with Gasteiger partial charge in [-0.15, -0.1) is 0 Å². The molecule has 0 aliphatic carbocycles. The van der Waals surface area contributed by atoms with Crippen LogP contribution in [0.15, 0.2) is 24.5 Å². The lowest BCUT2D eigenvalue weighted by Gasteiger charge is -2.28.